The highest BCUT2D eigenvalue weighted by atomic mass is 16.5. The molecule has 5 heteroatoms. The van der Waals surface area contributed by atoms with Crippen LogP contribution in [0.4, 0.5) is 10.5 Å². The van der Waals surface area contributed by atoms with Crippen LogP contribution in [0.2, 0.25) is 0 Å². The van der Waals surface area contributed by atoms with Crippen LogP contribution in [0.5, 0.6) is 0 Å². The van der Waals surface area contributed by atoms with Crippen LogP contribution in [-0.2, 0) is 17.8 Å². The number of rotatable bonds is 3. The highest BCUT2D eigenvalue weighted by Gasteiger charge is 2.26. The summed E-state index contributed by atoms with van der Waals surface area (Å²) < 4.78 is 5.88. The Morgan fingerprint density at radius 2 is 1.96 bits per heavy atom. The van der Waals surface area contributed by atoms with Crippen LogP contribution in [0.25, 0.3) is 0 Å². The fourth-order valence-corrected chi connectivity index (χ4v) is 3.02. The van der Waals surface area contributed by atoms with E-state index in [2.05, 4.69) is 35.5 Å². The third-order valence-corrected chi connectivity index (χ3v) is 4.17. The van der Waals surface area contributed by atoms with Gasteiger partial charge < -0.3 is 15.0 Å². The molecule has 0 saturated carbocycles. The largest absolute Gasteiger partial charge is 0.474 e. The molecule has 0 aliphatic carbocycles. The fraction of sp³-hybridized carbons (Fsp3) is 0.421. The first-order chi connectivity index (χ1) is 11.2. The molecule has 0 atom stereocenters. The van der Waals surface area contributed by atoms with E-state index in [0.717, 1.165) is 30.9 Å². The Kier molecular flexibility index (Phi) is 4.03. The SMILES string of the molecule is C=C1CCN(c2ccc3c(c2)CN(C(=C)OC(C)(C)C)C3)C(=O)N1. The normalized spacial score (nSPS) is 17.6. The number of fused-ring (bicyclic) bond motifs is 1. The van der Waals surface area contributed by atoms with Gasteiger partial charge in [-0.3, -0.25) is 4.90 Å². The van der Waals surface area contributed by atoms with Crippen molar-refractivity contribution >= 4 is 11.7 Å². The van der Waals surface area contributed by atoms with Crippen LogP contribution >= 0.6 is 0 Å². The minimum atomic E-state index is -0.259. The molecule has 2 amide bonds. The van der Waals surface area contributed by atoms with Gasteiger partial charge in [0.15, 0.2) is 5.88 Å². The molecule has 1 saturated heterocycles. The second kappa shape index (κ2) is 5.89. The van der Waals surface area contributed by atoms with Gasteiger partial charge in [-0.25, -0.2) is 4.79 Å². The van der Waals surface area contributed by atoms with Crippen LogP contribution in [0.15, 0.2) is 42.9 Å². The van der Waals surface area contributed by atoms with Gasteiger partial charge in [-0.05, 0) is 50.6 Å². The fourth-order valence-electron chi connectivity index (χ4n) is 3.02. The number of nitrogens with zero attached hydrogens (tertiary/aromatic N) is 2. The summed E-state index contributed by atoms with van der Waals surface area (Å²) in [6.07, 6.45) is 0.769. The van der Waals surface area contributed by atoms with Crippen LogP contribution in [-0.4, -0.2) is 23.1 Å². The van der Waals surface area contributed by atoms with Crippen molar-refractivity contribution in [2.24, 2.45) is 0 Å². The molecule has 1 fully saturated rings. The molecular weight excluding hydrogens is 302 g/mol. The molecule has 0 radical (unpaired) electrons. The van der Waals surface area contributed by atoms with Crippen molar-refractivity contribution in [2.75, 3.05) is 11.4 Å². The molecule has 2 heterocycles. The van der Waals surface area contributed by atoms with E-state index >= 15 is 0 Å². The van der Waals surface area contributed by atoms with Crippen molar-refractivity contribution in [2.45, 2.75) is 45.9 Å². The first kappa shape index (κ1) is 16.4. The summed E-state index contributed by atoms with van der Waals surface area (Å²) >= 11 is 0. The molecule has 0 spiro atoms. The molecule has 2 aliphatic rings. The summed E-state index contributed by atoms with van der Waals surface area (Å²) in [5, 5.41) is 2.80. The van der Waals surface area contributed by atoms with Gasteiger partial charge in [0.1, 0.15) is 5.60 Å². The molecule has 1 N–H and O–H groups in total. The second-order valence-electron chi connectivity index (χ2n) is 7.35. The topological polar surface area (TPSA) is 44.8 Å². The lowest BCUT2D eigenvalue weighted by Crippen LogP contribution is -2.45. The molecular formula is C19H25N3O2. The number of urea groups is 1. The maximum Gasteiger partial charge on any atom is 0.326 e. The summed E-state index contributed by atoms with van der Waals surface area (Å²) in [7, 11) is 0. The van der Waals surface area contributed by atoms with Crippen LogP contribution in [0.1, 0.15) is 38.3 Å². The molecule has 1 aromatic carbocycles. The number of carbonyl (C=O) groups is 1. The molecule has 0 unspecified atom stereocenters. The summed E-state index contributed by atoms with van der Waals surface area (Å²) in [4.78, 5) is 16.0. The summed E-state index contributed by atoms with van der Waals surface area (Å²) in [6.45, 7) is 16.1. The number of anilines is 1. The van der Waals surface area contributed by atoms with Crippen molar-refractivity contribution in [1.82, 2.24) is 10.2 Å². The first-order valence-corrected chi connectivity index (χ1v) is 8.24. The number of hydrogen-bond donors (Lipinski definition) is 1. The third-order valence-electron chi connectivity index (χ3n) is 4.17. The monoisotopic (exact) mass is 327 g/mol. The van der Waals surface area contributed by atoms with E-state index in [-0.39, 0.29) is 11.6 Å². The van der Waals surface area contributed by atoms with Crippen molar-refractivity contribution in [3.63, 3.8) is 0 Å². The Hall–Kier alpha value is -2.43. The average Bonchev–Trinajstić information content (AvgIpc) is 2.88. The minimum absolute atomic E-state index is 0.110. The van der Waals surface area contributed by atoms with Crippen LogP contribution in [0.3, 0.4) is 0 Å². The summed E-state index contributed by atoms with van der Waals surface area (Å²) in [6, 6.07) is 6.07. The van der Waals surface area contributed by atoms with Crippen molar-refractivity contribution in [3.8, 4) is 0 Å². The van der Waals surface area contributed by atoms with Gasteiger partial charge in [-0.15, -0.1) is 0 Å². The van der Waals surface area contributed by atoms with Gasteiger partial charge >= 0.3 is 6.03 Å². The Bertz CT molecular complexity index is 703. The lowest BCUT2D eigenvalue weighted by atomic mass is 10.1. The highest BCUT2D eigenvalue weighted by Crippen LogP contribution is 2.31. The molecule has 1 aromatic rings. The molecule has 0 bridgehead atoms. The molecule has 5 nitrogen and oxygen atoms in total. The smallest absolute Gasteiger partial charge is 0.326 e. The van der Waals surface area contributed by atoms with E-state index in [4.69, 9.17) is 4.74 Å². The van der Waals surface area contributed by atoms with Crippen molar-refractivity contribution in [3.05, 3.63) is 54.1 Å². The number of carbonyl (C=O) groups excluding carboxylic acids is 1. The predicted molar refractivity (Wildman–Crippen MR) is 95.3 cm³/mol. The molecule has 128 valence electrons. The zero-order valence-electron chi connectivity index (χ0n) is 14.7. The minimum Gasteiger partial charge on any atom is -0.474 e. The maximum absolute atomic E-state index is 12.1. The van der Waals surface area contributed by atoms with Gasteiger partial charge in [-0.2, -0.15) is 0 Å². The van der Waals surface area contributed by atoms with Crippen LogP contribution in [0, 0.1) is 0 Å². The Labute approximate surface area is 143 Å². The number of ether oxygens (including phenoxy) is 1. The van der Waals surface area contributed by atoms with E-state index in [1.54, 1.807) is 4.90 Å². The predicted octanol–water partition coefficient (Wildman–Crippen LogP) is 3.72. The summed E-state index contributed by atoms with van der Waals surface area (Å²) in [5.41, 5.74) is 3.90. The number of hydrogen-bond acceptors (Lipinski definition) is 3. The average molecular weight is 327 g/mol. The second-order valence-corrected chi connectivity index (χ2v) is 7.35. The van der Waals surface area contributed by atoms with E-state index in [0.29, 0.717) is 12.4 Å². The van der Waals surface area contributed by atoms with Gasteiger partial charge in [0, 0.05) is 37.4 Å². The first-order valence-electron chi connectivity index (χ1n) is 8.24. The number of amides is 2. The van der Waals surface area contributed by atoms with E-state index in [9.17, 15) is 4.79 Å². The van der Waals surface area contributed by atoms with Crippen molar-refractivity contribution < 1.29 is 9.53 Å². The van der Waals surface area contributed by atoms with Crippen LogP contribution < -0.4 is 10.2 Å². The molecule has 3 rings (SSSR count). The molecule has 24 heavy (non-hydrogen) atoms. The van der Waals surface area contributed by atoms with Gasteiger partial charge in [0.2, 0.25) is 0 Å². The molecule has 2 aliphatic heterocycles. The number of benzene rings is 1. The number of nitrogens with one attached hydrogen (secondary N) is 1. The van der Waals surface area contributed by atoms with Crippen molar-refractivity contribution in [1.29, 1.82) is 0 Å². The van der Waals surface area contributed by atoms with Gasteiger partial charge in [-0.1, -0.05) is 12.6 Å². The van der Waals surface area contributed by atoms with E-state index in [1.165, 1.54) is 11.1 Å². The highest BCUT2D eigenvalue weighted by molar-refractivity contribution is 5.94. The van der Waals surface area contributed by atoms with E-state index in [1.807, 2.05) is 26.8 Å². The summed E-state index contributed by atoms with van der Waals surface area (Å²) in [5.74, 6) is 0.687. The Morgan fingerprint density at radius 1 is 1.25 bits per heavy atom. The Morgan fingerprint density at radius 3 is 2.62 bits per heavy atom. The van der Waals surface area contributed by atoms with Gasteiger partial charge in [0.05, 0.1) is 0 Å². The zero-order chi connectivity index (χ0) is 17.5. The van der Waals surface area contributed by atoms with Gasteiger partial charge in [0.25, 0.3) is 0 Å². The quantitative estimate of drug-likeness (QED) is 0.861. The molecule has 0 aromatic heterocycles. The zero-order valence-corrected chi connectivity index (χ0v) is 14.7. The lowest BCUT2D eigenvalue weighted by Gasteiger charge is -2.29. The maximum atomic E-state index is 12.1. The lowest BCUT2D eigenvalue weighted by molar-refractivity contribution is 0.00162. The Balaban J connectivity index is 1.73. The third kappa shape index (κ3) is 3.40. The van der Waals surface area contributed by atoms with E-state index < -0.39 is 0 Å². The standard InChI is InChI=1S/C19H25N3O2/c1-13-8-9-22(18(23)20-13)17-7-6-15-11-21(12-16(15)10-17)14(2)24-19(3,4)5/h6-7,10H,1-2,8-9,11-12H2,3-5H3,(H,20,23).